The number of hydrogen-bond donors (Lipinski definition) is 3. The van der Waals surface area contributed by atoms with Gasteiger partial charge in [-0.25, -0.2) is 9.59 Å². The second kappa shape index (κ2) is 9.70. The molecule has 1 saturated carbocycles. The summed E-state index contributed by atoms with van der Waals surface area (Å²) in [6.45, 7) is 0.262. The molecule has 1 unspecified atom stereocenters. The normalized spacial score (nSPS) is 25.6. The molecule has 0 aromatic heterocycles. The Hall–Kier alpha value is -3.39. The minimum Gasteiger partial charge on any atom is -0.480 e. The summed E-state index contributed by atoms with van der Waals surface area (Å²) in [5, 5.41) is 22.2. The third-order valence-corrected chi connectivity index (χ3v) is 7.54. The molecule has 2 fully saturated rings. The van der Waals surface area contributed by atoms with E-state index in [1.165, 1.54) is 4.90 Å². The Kier molecular flexibility index (Phi) is 6.47. The van der Waals surface area contributed by atoms with Gasteiger partial charge in [0.25, 0.3) is 0 Å². The Bertz CT molecular complexity index is 1090. The van der Waals surface area contributed by atoms with Crippen LogP contribution in [0, 0.1) is 5.92 Å². The van der Waals surface area contributed by atoms with Crippen LogP contribution in [-0.2, 0) is 14.3 Å². The Morgan fingerprint density at radius 1 is 0.971 bits per heavy atom. The topological polar surface area (TPSA) is 116 Å². The second-order valence-corrected chi connectivity index (χ2v) is 9.76. The van der Waals surface area contributed by atoms with Crippen LogP contribution in [0.4, 0.5) is 4.79 Å². The van der Waals surface area contributed by atoms with E-state index in [0.717, 1.165) is 35.1 Å². The maximum atomic E-state index is 13.0. The van der Waals surface area contributed by atoms with Gasteiger partial charge in [0.1, 0.15) is 12.6 Å². The maximum absolute atomic E-state index is 13.0. The lowest BCUT2D eigenvalue weighted by molar-refractivity contribution is -0.150. The van der Waals surface area contributed by atoms with Gasteiger partial charge in [0, 0.05) is 30.8 Å². The highest BCUT2D eigenvalue weighted by Gasteiger charge is 2.42. The van der Waals surface area contributed by atoms with Gasteiger partial charge in [0.05, 0.1) is 6.10 Å². The fourth-order valence-electron chi connectivity index (χ4n) is 5.88. The zero-order chi connectivity index (χ0) is 24.5. The zero-order valence-electron chi connectivity index (χ0n) is 19.4. The summed E-state index contributed by atoms with van der Waals surface area (Å²) in [5.41, 5.74) is 4.62. The molecule has 184 valence electrons. The van der Waals surface area contributed by atoms with E-state index >= 15 is 0 Å². The summed E-state index contributed by atoms with van der Waals surface area (Å²) in [6, 6.07) is 15.1. The van der Waals surface area contributed by atoms with Gasteiger partial charge >= 0.3 is 12.1 Å². The fourth-order valence-corrected chi connectivity index (χ4v) is 5.88. The molecule has 8 heteroatoms. The van der Waals surface area contributed by atoms with Crippen molar-refractivity contribution in [3.8, 4) is 11.1 Å². The number of fused-ring (bicyclic) bond motifs is 3. The molecular formula is C27H30N2O6. The van der Waals surface area contributed by atoms with Crippen molar-refractivity contribution in [2.75, 3.05) is 13.2 Å². The summed E-state index contributed by atoms with van der Waals surface area (Å²) < 4.78 is 5.64. The van der Waals surface area contributed by atoms with Crippen LogP contribution < -0.4 is 5.32 Å². The number of alkyl carbamates (subject to hydrolysis) is 1. The highest BCUT2D eigenvalue weighted by molar-refractivity contribution is 5.86. The zero-order valence-corrected chi connectivity index (χ0v) is 19.4. The SMILES string of the molecule is O=C(N[C@H]1CCC[C@@H](C(=O)N2CC(O)C[C@H]2C(=O)O)C1)OCC1c2ccccc2-c2ccccc21. The molecule has 1 saturated heterocycles. The maximum Gasteiger partial charge on any atom is 0.407 e. The molecule has 2 aliphatic carbocycles. The van der Waals surface area contributed by atoms with E-state index < -0.39 is 24.2 Å². The fraction of sp³-hybridized carbons (Fsp3) is 0.444. The highest BCUT2D eigenvalue weighted by atomic mass is 16.5. The molecule has 3 N–H and O–H groups in total. The van der Waals surface area contributed by atoms with Gasteiger partial charge in [-0.1, -0.05) is 55.0 Å². The third-order valence-electron chi connectivity index (χ3n) is 7.54. The number of carboxylic acid groups (broad SMARTS) is 1. The average molecular weight is 479 g/mol. The van der Waals surface area contributed by atoms with Gasteiger partial charge in [0.2, 0.25) is 5.91 Å². The number of carboxylic acids is 1. The summed E-state index contributed by atoms with van der Waals surface area (Å²) in [7, 11) is 0. The van der Waals surface area contributed by atoms with Crippen LogP contribution in [0.15, 0.2) is 48.5 Å². The van der Waals surface area contributed by atoms with Crippen molar-refractivity contribution in [2.24, 2.45) is 5.92 Å². The molecule has 3 aliphatic rings. The Morgan fingerprint density at radius 2 is 1.63 bits per heavy atom. The number of likely N-dealkylation sites (tertiary alicyclic amines) is 1. The monoisotopic (exact) mass is 478 g/mol. The standard InChI is InChI=1S/C27H30N2O6/c30-18-13-24(26(32)33)29(14-18)25(31)16-6-5-7-17(12-16)28-27(34)35-15-23-21-10-3-1-8-19(21)20-9-2-4-11-22(20)23/h1-4,8-11,16-18,23-24,30H,5-7,12-15H2,(H,28,34)(H,32,33)/t16-,17+,18?,24+/m1/s1. The van der Waals surface area contributed by atoms with Crippen molar-refractivity contribution < 1.29 is 29.3 Å². The summed E-state index contributed by atoms with van der Waals surface area (Å²) in [5.74, 6) is -1.76. The number of benzene rings is 2. The van der Waals surface area contributed by atoms with Crippen molar-refractivity contribution in [1.82, 2.24) is 10.2 Å². The van der Waals surface area contributed by atoms with Crippen molar-refractivity contribution in [1.29, 1.82) is 0 Å². The summed E-state index contributed by atoms with van der Waals surface area (Å²) >= 11 is 0. The molecule has 0 spiro atoms. The minimum atomic E-state index is -1.10. The van der Waals surface area contributed by atoms with Crippen molar-refractivity contribution in [3.05, 3.63) is 59.7 Å². The predicted molar refractivity (Wildman–Crippen MR) is 128 cm³/mol. The molecule has 0 radical (unpaired) electrons. The van der Waals surface area contributed by atoms with Gasteiger partial charge in [0.15, 0.2) is 0 Å². The lowest BCUT2D eigenvalue weighted by Gasteiger charge is -2.32. The smallest absolute Gasteiger partial charge is 0.407 e. The number of hydrogen-bond acceptors (Lipinski definition) is 5. The van der Waals surface area contributed by atoms with Crippen LogP contribution in [0.2, 0.25) is 0 Å². The highest BCUT2D eigenvalue weighted by Crippen LogP contribution is 2.44. The summed E-state index contributed by atoms with van der Waals surface area (Å²) in [4.78, 5) is 38.5. The van der Waals surface area contributed by atoms with Crippen molar-refractivity contribution in [3.63, 3.8) is 0 Å². The molecule has 2 aromatic carbocycles. The van der Waals surface area contributed by atoms with Crippen LogP contribution in [0.5, 0.6) is 0 Å². The van der Waals surface area contributed by atoms with Crippen LogP contribution in [0.25, 0.3) is 11.1 Å². The number of rotatable bonds is 5. The second-order valence-electron chi connectivity index (χ2n) is 9.76. The van der Waals surface area contributed by atoms with Crippen LogP contribution in [0.3, 0.4) is 0 Å². The number of aliphatic carboxylic acids is 1. The molecule has 1 heterocycles. The van der Waals surface area contributed by atoms with Gasteiger partial charge < -0.3 is 25.2 Å². The Labute approximate surface area is 203 Å². The first-order chi connectivity index (χ1) is 16.9. The molecular weight excluding hydrogens is 448 g/mol. The van der Waals surface area contributed by atoms with Crippen molar-refractivity contribution >= 4 is 18.0 Å². The van der Waals surface area contributed by atoms with Crippen LogP contribution in [0.1, 0.15) is 49.1 Å². The average Bonchev–Trinajstić information content (AvgIpc) is 3.41. The van der Waals surface area contributed by atoms with E-state index in [2.05, 4.69) is 29.6 Å². The molecule has 4 atom stereocenters. The van der Waals surface area contributed by atoms with Gasteiger partial charge in [-0.15, -0.1) is 0 Å². The number of aliphatic hydroxyl groups is 1. The van der Waals surface area contributed by atoms with E-state index in [9.17, 15) is 24.6 Å². The largest absolute Gasteiger partial charge is 0.480 e. The molecule has 2 aromatic rings. The van der Waals surface area contributed by atoms with Gasteiger partial charge in [-0.2, -0.15) is 0 Å². The molecule has 5 rings (SSSR count). The quantitative estimate of drug-likeness (QED) is 0.608. The predicted octanol–water partition coefficient (Wildman–Crippen LogP) is 3.13. The first kappa shape index (κ1) is 23.4. The Morgan fingerprint density at radius 3 is 2.29 bits per heavy atom. The van der Waals surface area contributed by atoms with Crippen molar-refractivity contribution in [2.45, 2.75) is 56.2 Å². The van der Waals surface area contributed by atoms with Gasteiger partial charge in [-0.3, -0.25) is 4.79 Å². The Balaban J connectivity index is 1.18. The minimum absolute atomic E-state index is 0.0246. The van der Waals surface area contributed by atoms with E-state index in [1.54, 1.807) is 0 Å². The van der Waals surface area contributed by atoms with Crippen LogP contribution >= 0.6 is 0 Å². The number of aliphatic hydroxyl groups excluding tert-OH is 1. The van der Waals surface area contributed by atoms with Gasteiger partial charge in [-0.05, 0) is 41.5 Å². The third kappa shape index (κ3) is 4.62. The number of β-amino-alcohol motifs (C(OH)–C–C–N with tert-alkyl or cyclic N) is 1. The number of ether oxygens (including phenoxy) is 1. The van der Waals surface area contributed by atoms with E-state index in [0.29, 0.717) is 12.8 Å². The number of nitrogens with zero attached hydrogens (tertiary/aromatic N) is 1. The molecule has 2 amide bonds. The lowest BCUT2D eigenvalue weighted by Crippen LogP contribution is -2.47. The first-order valence-corrected chi connectivity index (χ1v) is 12.2. The number of nitrogens with one attached hydrogen (secondary N) is 1. The van der Waals surface area contributed by atoms with E-state index in [-0.39, 0.29) is 43.4 Å². The summed E-state index contributed by atoms with van der Waals surface area (Å²) in [6.07, 6.45) is 1.28. The van der Waals surface area contributed by atoms with Crippen LogP contribution in [-0.4, -0.2) is 64.4 Å². The first-order valence-electron chi connectivity index (χ1n) is 12.2. The number of amides is 2. The number of carbonyl (C=O) groups excluding carboxylic acids is 2. The van der Waals surface area contributed by atoms with E-state index in [1.807, 2.05) is 24.3 Å². The molecule has 1 aliphatic heterocycles. The lowest BCUT2D eigenvalue weighted by atomic mass is 9.84. The van der Waals surface area contributed by atoms with E-state index in [4.69, 9.17) is 4.74 Å². The number of carbonyl (C=O) groups is 3. The molecule has 35 heavy (non-hydrogen) atoms. The molecule has 0 bridgehead atoms. The molecule has 8 nitrogen and oxygen atoms in total.